The Labute approximate surface area is 171 Å². The van der Waals surface area contributed by atoms with E-state index in [-0.39, 0.29) is 12.2 Å². The van der Waals surface area contributed by atoms with E-state index in [2.05, 4.69) is 15.0 Å². The number of nitrogens with zero attached hydrogens (tertiary/aromatic N) is 4. The molecule has 1 atom stereocenters. The molecule has 3 heterocycles. The molecule has 2 amide bonds. The summed E-state index contributed by atoms with van der Waals surface area (Å²) in [5.41, 5.74) is 7.15. The number of pyridine rings is 1. The van der Waals surface area contributed by atoms with Crippen molar-refractivity contribution in [1.29, 1.82) is 0 Å². The van der Waals surface area contributed by atoms with E-state index >= 15 is 0 Å². The number of oxime groups is 1. The Balaban J connectivity index is 1.50. The molecule has 1 aromatic heterocycles. The fourth-order valence-electron chi connectivity index (χ4n) is 3.55. The van der Waals surface area contributed by atoms with E-state index in [9.17, 15) is 14.0 Å². The van der Waals surface area contributed by atoms with Gasteiger partial charge in [-0.3, -0.25) is 9.69 Å². The number of halogens is 1. The average molecular weight is 413 g/mol. The summed E-state index contributed by atoms with van der Waals surface area (Å²) in [4.78, 5) is 30.8. The second kappa shape index (κ2) is 7.97. The van der Waals surface area contributed by atoms with Crippen LogP contribution in [-0.2, 0) is 9.53 Å². The number of benzene rings is 1. The van der Waals surface area contributed by atoms with Crippen LogP contribution in [0, 0.1) is 5.82 Å². The fraction of sp³-hybridized carbons (Fsp3) is 0.300. The average Bonchev–Trinajstić information content (AvgIpc) is 3.16. The van der Waals surface area contributed by atoms with Gasteiger partial charge in [0.25, 0.3) is 5.91 Å². The van der Waals surface area contributed by atoms with Crippen molar-refractivity contribution in [2.75, 3.05) is 29.4 Å². The normalized spacial score (nSPS) is 19.0. The number of cyclic esters (lactones) is 1. The Bertz CT molecular complexity index is 1000. The molecule has 2 saturated heterocycles. The first kappa shape index (κ1) is 19.6. The van der Waals surface area contributed by atoms with Gasteiger partial charge >= 0.3 is 6.09 Å². The Morgan fingerprint density at radius 3 is 2.60 bits per heavy atom. The second-order valence-electron chi connectivity index (χ2n) is 7.11. The Kier molecular flexibility index (Phi) is 5.21. The largest absolute Gasteiger partial charge is 0.434 e. The van der Waals surface area contributed by atoms with Crippen LogP contribution >= 0.6 is 0 Å². The third-order valence-corrected chi connectivity index (χ3v) is 5.26. The van der Waals surface area contributed by atoms with E-state index in [1.54, 1.807) is 24.4 Å². The van der Waals surface area contributed by atoms with Crippen molar-refractivity contribution in [3.63, 3.8) is 0 Å². The summed E-state index contributed by atoms with van der Waals surface area (Å²) in [6.07, 6.45) is 1.15. The van der Waals surface area contributed by atoms with Crippen molar-refractivity contribution in [2.24, 2.45) is 10.9 Å². The molecular formula is C20H20FN5O4. The maximum atomic E-state index is 14.8. The van der Waals surface area contributed by atoms with Crippen molar-refractivity contribution < 1.29 is 23.9 Å². The highest BCUT2D eigenvalue weighted by atomic mass is 19.1. The Morgan fingerprint density at radius 2 is 2.03 bits per heavy atom. The molecule has 0 radical (unpaired) electrons. The lowest BCUT2D eigenvalue weighted by Crippen LogP contribution is -2.34. The summed E-state index contributed by atoms with van der Waals surface area (Å²) >= 11 is 0. The zero-order chi connectivity index (χ0) is 21.3. The quantitative estimate of drug-likeness (QED) is 0.585. The molecule has 3 N–H and O–H groups in total. The first-order valence-electron chi connectivity index (χ1n) is 9.44. The summed E-state index contributed by atoms with van der Waals surface area (Å²) in [5.74, 6) is -0.507. The highest BCUT2D eigenvalue weighted by Crippen LogP contribution is 2.29. The van der Waals surface area contributed by atoms with Crippen molar-refractivity contribution in [2.45, 2.75) is 18.9 Å². The van der Waals surface area contributed by atoms with Gasteiger partial charge in [-0.25, -0.2) is 14.2 Å². The summed E-state index contributed by atoms with van der Waals surface area (Å²) in [7, 11) is 0. The fourth-order valence-corrected chi connectivity index (χ4v) is 3.55. The number of ether oxygens (including phenoxy) is 1. The molecule has 4 rings (SSSR count). The lowest BCUT2D eigenvalue weighted by atomic mass is 10.1. The molecule has 30 heavy (non-hydrogen) atoms. The van der Waals surface area contributed by atoms with Gasteiger partial charge in [-0.2, -0.15) is 0 Å². The van der Waals surface area contributed by atoms with Gasteiger partial charge in [-0.1, -0.05) is 5.16 Å². The molecule has 9 nitrogen and oxygen atoms in total. The molecule has 1 aromatic carbocycles. The monoisotopic (exact) mass is 413 g/mol. The predicted octanol–water partition coefficient (Wildman–Crippen LogP) is 2.13. The minimum atomic E-state index is -1.05. The molecule has 2 aliphatic heterocycles. The molecule has 2 fully saturated rings. The van der Waals surface area contributed by atoms with Gasteiger partial charge in [0.15, 0.2) is 6.10 Å². The number of hydrogen-bond donors (Lipinski definition) is 2. The van der Waals surface area contributed by atoms with Gasteiger partial charge in [0.1, 0.15) is 11.6 Å². The predicted molar refractivity (Wildman–Crippen MR) is 107 cm³/mol. The number of primary amides is 1. The third kappa shape index (κ3) is 3.76. The smallest absolute Gasteiger partial charge is 0.415 e. The number of nitrogens with two attached hydrogens (primary N) is 1. The van der Waals surface area contributed by atoms with E-state index in [1.165, 1.54) is 11.0 Å². The van der Waals surface area contributed by atoms with Gasteiger partial charge in [0.2, 0.25) is 0 Å². The van der Waals surface area contributed by atoms with Crippen molar-refractivity contribution >= 4 is 29.2 Å². The molecule has 0 saturated carbocycles. The topological polar surface area (TPSA) is 121 Å². The Hall–Kier alpha value is -3.69. The second-order valence-corrected chi connectivity index (χ2v) is 7.11. The Morgan fingerprint density at radius 1 is 1.27 bits per heavy atom. The van der Waals surface area contributed by atoms with E-state index in [0.29, 0.717) is 37.1 Å². The van der Waals surface area contributed by atoms with Crippen LogP contribution in [0.15, 0.2) is 41.7 Å². The van der Waals surface area contributed by atoms with Crippen molar-refractivity contribution in [3.05, 3.63) is 42.3 Å². The van der Waals surface area contributed by atoms with Crippen LogP contribution in [0.25, 0.3) is 11.1 Å². The van der Waals surface area contributed by atoms with E-state index in [1.807, 2.05) is 6.07 Å². The highest BCUT2D eigenvalue weighted by molar-refractivity contribution is 5.95. The molecule has 0 unspecified atom stereocenters. The molecule has 2 aliphatic rings. The van der Waals surface area contributed by atoms with Gasteiger partial charge in [0.05, 0.1) is 17.9 Å². The first-order valence-corrected chi connectivity index (χ1v) is 9.44. The maximum Gasteiger partial charge on any atom is 0.415 e. The number of rotatable bonds is 4. The van der Waals surface area contributed by atoms with Crippen molar-refractivity contribution in [3.8, 4) is 11.1 Å². The summed E-state index contributed by atoms with van der Waals surface area (Å²) in [6.45, 7) is 1.35. The molecule has 2 aromatic rings. The van der Waals surface area contributed by atoms with Gasteiger partial charge < -0.3 is 20.6 Å². The zero-order valence-electron chi connectivity index (χ0n) is 16.0. The van der Waals surface area contributed by atoms with Crippen LogP contribution < -0.4 is 15.5 Å². The van der Waals surface area contributed by atoms with Crippen molar-refractivity contribution in [1.82, 2.24) is 4.98 Å². The summed E-state index contributed by atoms with van der Waals surface area (Å²) < 4.78 is 19.6. The minimum Gasteiger partial charge on any atom is -0.434 e. The van der Waals surface area contributed by atoms with Crippen LogP contribution in [0.1, 0.15) is 12.8 Å². The summed E-state index contributed by atoms with van der Waals surface area (Å²) in [5, 5.41) is 12.1. The standard InChI is InChI=1S/C20H20FN5O4/c21-16-9-14(26-11-17(19(22)27)30-20(26)28)2-3-15(16)12-1-4-18(23-10-12)25-7-5-13(24-29)6-8-25/h1-4,9-10,17,29H,5-8,11H2,(H2,22,27)/t17-/m1/s1. The van der Waals surface area contributed by atoms with Crippen LogP contribution in [-0.4, -0.2) is 53.6 Å². The molecular weight excluding hydrogens is 393 g/mol. The summed E-state index contributed by atoms with van der Waals surface area (Å²) in [6, 6.07) is 7.95. The number of carbonyl (C=O) groups is 2. The number of amides is 2. The molecule has 0 bridgehead atoms. The maximum absolute atomic E-state index is 14.8. The van der Waals surface area contributed by atoms with E-state index < -0.39 is 23.9 Å². The third-order valence-electron chi connectivity index (χ3n) is 5.26. The minimum absolute atomic E-state index is 0.0538. The number of carbonyl (C=O) groups excluding carboxylic acids is 2. The lowest BCUT2D eigenvalue weighted by Gasteiger charge is -2.28. The van der Waals surface area contributed by atoms with Gasteiger partial charge in [-0.05, 0) is 30.3 Å². The highest BCUT2D eigenvalue weighted by Gasteiger charge is 2.36. The molecule has 156 valence electrons. The van der Waals surface area contributed by atoms with Gasteiger partial charge in [0, 0.05) is 43.3 Å². The first-order chi connectivity index (χ1) is 14.5. The van der Waals surface area contributed by atoms with Crippen LogP contribution in [0.2, 0.25) is 0 Å². The van der Waals surface area contributed by atoms with Crippen LogP contribution in [0.3, 0.4) is 0 Å². The molecule has 0 aliphatic carbocycles. The number of piperidine rings is 1. The van der Waals surface area contributed by atoms with E-state index in [4.69, 9.17) is 15.7 Å². The SMILES string of the molecule is NC(=O)[C@H]1CN(c2ccc(-c3ccc(N4CCC(=NO)CC4)nc3)c(F)c2)C(=O)O1. The zero-order valence-corrected chi connectivity index (χ0v) is 16.0. The number of aromatic nitrogens is 1. The number of hydrogen-bond acceptors (Lipinski definition) is 7. The molecule has 0 spiro atoms. The number of anilines is 2. The van der Waals surface area contributed by atoms with Gasteiger partial charge in [-0.15, -0.1) is 0 Å². The van der Waals surface area contributed by atoms with Crippen LogP contribution in [0.4, 0.5) is 20.7 Å². The van der Waals surface area contributed by atoms with Crippen LogP contribution in [0.5, 0.6) is 0 Å². The van der Waals surface area contributed by atoms with E-state index in [0.717, 1.165) is 11.5 Å². The lowest BCUT2D eigenvalue weighted by molar-refractivity contribution is -0.124. The molecule has 10 heteroatoms.